The quantitative estimate of drug-likeness (QED) is 0.576. The topological polar surface area (TPSA) is 12.0 Å². The van der Waals surface area contributed by atoms with Crippen LogP contribution in [0.5, 0.6) is 0 Å². The number of benzene rings is 1. The first kappa shape index (κ1) is 16.1. The maximum Gasteiger partial charge on any atom is 0.0542 e. The second kappa shape index (κ2) is 7.18. The number of halogens is 2. The Kier molecular flexibility index (Phi) is 5.50. The van der Waals surface area contributed by atoms with E-state index in [9.17, 15) is 0 Å². The van der Waals surface area contributed by atoms with E-state index in [0.717, 1.165) is 32.9 Å². The summed E-state index contributed by atoms with van der Waals surface area (Å²) in [5.74, 6) is 2.96. The standard InChI is InChI=1S/C18H25ClIN/c1-2-7-21-18(14-5-6-17(20)16(19)10-14)11-15-9-12-3-4-13(15)8-12/h5-6,10,12-13,15,18,21H,2-4,7-9,11H2,1H3. The molecule has 2 fully saturated rings. The van der Waals surface area contributed by atoms with Gasteiger partial charge in [-0.3, -0.25) is 0 Å². The molecule has 0 amide bonds. The Bertz CT molecular complexity index is 490. The highest BCUT2D eigenvalue weighted by Crippen LogP contribution is 2.51. The molecule has 2 aliphatic rings. The lowest BCUT2D eigenvalue weighted by Gasteiger charge is -2.28. The molecular weight excluding hydrogens is 393 g/mol. The van der Waals surface area contributed by atoms with Gasteiger partial charge < -0.3 is 5.32 Å². The third-order valence-corrected chi connectivity index (χ3v) is 6.98. The first-order valence-electron chi connectivity index (χ1n) is 8.35. The monoisotopic (exact) mass is 417 g/mol. The lowest BCUT2D eigenvalue weighted by molar-refractivity contribution is 0.279. The summed E-state index contributed by atoms with van der Waals surface area (Å²) in [6.45, 7) is 3.33. The summed E-state index contributed by atoms with van der Waals surface area (Å²) >= 11 is 8.64. The highest BCUT2D eigenvalue weighted by atomic mass is 127. The van der Waals surface area contributed by atoms with Crippen molar-refractivity contribution in [2.45, 2.75) is 51.5 Å². The summed E-state index contributed by atoms with van der Waals surface area (Å²) in [4.78, 5) is 0. The molecule has 2 aliphatic carbocycles. The Morgan fingerprint density at radius 1 is 1.33 bits per heavy atom. The van der Waals surface area contributed by atoms with Crippen molar-refractivity contribution in [2.75, 3.05) is 6.54 Å². The number of rotatable bonds is 6. The fourth-order valence-corrected chi connectivity index (χ4v) is 4.88. The molecule has 2 bridgehead atoms. The lowest BCUT2D eigenvalue weighted by atomic mass is 9.82. The van der Waals surface area contributed by atoms with Crippen LogP contribution in [0.25, 0.3) is 0 Å². The van der Waals surface area contributed by atoms with Gasteiger partial charge in [-0.1, -0.05) is 31.0 Å². The van der Waals surface area contributed by atoms with E-state index in [4.69, 9.17) is 11.6 Å². The molecule has 0 saturated heterocycles. The second-order valence-corrected chi connectivity index (χ2v) is 8.42. The van der Waals surface area contributed by atoms with Crippen molar-refractivity contribution in [2.24, 2.45) is 17.8 Å². The van der Waals surface area contributed by atoms with Gasteiger partial charge in [-0.05, 0) is 96.7 Å². The average Bonchev–Trinajstić information content (AvgIpc) is 3.09. The van der Waals surface area contributed by atoms with Crippen molar-refractivity contribution in [3.8, 4) is 0 Å². The summed E-state index contributed by atoms with van der Waals surface area (Å²) in [6, 6.07) is 7.06. The van der Waals surface area contributed by atoms with Crippen molar-refractivity contribution in [1.82, 2.24) is 5.32 Å². The van der Waals surface area contributed by atoms with Gasteiger partial charge in [0.25, 0.3) is 0 Å². The molecule has 1 aromatic rings. The first-order chi connectivity index (χ1) is 10.2. The minimum atomic E-state index is 0.476. The molecule has 3 rings (SSSR count). The van der Waals surface area contributed by atoms with Gasteiger partial charge in [0, 0.05) is 9.61 Å². The highest BCUT2D eigenvalue weighted by Gasteiger charge is 2.40. The molecule has 1 aromatic carbocycles. The van der Waals surface area contributed by atoms with Crippen LogP contribution >= 0.6 is 34.2 Å². The number of hydrogen-bond donors (Lipinski definition) is 1. The SMILES string of the molecule is CCCNC(CC1CC2CCC1C2)c1ccc(I)c(Cl)c1. The van der Waals surface area contributed by atoms with E-state index in [1.165, 1.54) is 44.1 Å². The van der Waals surface area contributed by atoms with Gasteiger partial charge in [0.05, 0.1) is 5.02 Å². The van der Waals surface area contributed by atoms with E-state index in [0.29, 0.717) is 6.04 Å². The number of fused-ring (bicyclic) bond motifs is 2. The van der Waals surface area contributed by atoms with Crippen LogP contribution in [0.1, 0.15) is 57.1 Å². The maximum atomic E-state index is 6.34. The average molecular weight is 418 g/mol. The van der Waals surface area contributed by atoms with Crippen LogP contribution in [-0.4, -0.2) is 6.54 Å². The minimum absolute atomic E-state index is 0.476. The molecule has 1 nitrogen and oxygen atoms in total. The maximum absolute atomic E-state index is 6.34. The summed E-state index contributed by atoms with van der Waals surface area (Å²) in [7, 11) is 0. The zero-order valence-electron chi connectivity index (χ0n) is 12.7. The van der Waals surface area contributed by atoms with Crippen LogP contribution in [-0.2, 0) is 0 Å². The van der Waals surface area contributed by atoms with E-state index >= 15 is 0 Å². The van der Waals surface area contributed by atoms with E-state index in [1.807, 2.05) is 0 Å². The molecule has 0 aliphatic heterocycles. The second-order valence-electron chi connectivity index (χ2n) is 6.85. The Morgan fingerprint density at radius 2 is 2.19 bits per heavy atom. The molecule has 0 spiro atoms. The molecule has 4 unspecified atom stereocenters. The van der Waals surface area contributed by atoms with Crippen molar-refractivity contribution in [3.05, 3.63) is 32.4 Å². The fourth-order valence-electron chi connectivity index (χ4n) is 4.35. The van der Waals surface area contributed by atoms with Crippen LogP contribution in [0, 0.1) is 21.3 Å². The molecule has 2 saturated carbocycles. The van der Waals surface area contributed by atoms with E-state index in [-0.39, 0.29) is 0 Å². The molecule has 116 valence electrons. The highest BCUT2D eigenvalue weighted by molar-refractivity contribution is 14.1. The largest absolute Gasteiger partial charge is 0.310 e. The Hall–Kier alpha value is 0.200. The van der Waals surface area contributed by atoms with E-state index in [2.05, 4.69) is 53.0 Å². The van der Waals surface area contributed by atoms with Crippen molar-refractivity contribution >= 4 is 34.2 Å². The summed E-state index contributed by atoms with van der Waals surface area (Å²) in [5.41, 5.74) is 1.37. The predicted octanol–water partition coefficient (Wildman–Crippen LogP) is 5.81. The summed E-state index contributed by atoms with van der Waals surface area (Å²) < 4.78 is 1.15. The predicted molar refractivity (Wildman–Crippen MR) is 98.8 cm³/mol. The molecule has 1 N–H and O–H groups in total. The fraction of sp³-hybridized carbons (Fsp3) is 0.667. The van der Waals surface area contributed by atoms with Crippen LogP contribution in [0.3, 0.4) is 0 Å². The van der Waals surface area contributed by atoms with Gasteiger partial charge >= 0.3 is 0 Å². The van der Waals surface area contributed by atoms with Crippen molar-refractivity contribution in [1.29, 1.82) is 0 Å². The normalized spacial score (nSPS) is 29.0. The molecule has 3 heteroatoms. The van der Waals surface area contributed by atoms with Crippen molar-refractivity contribution < 1.29 is 0 Å². The van der Waals surface area contributed by atoms with Gasteiger partial charge in [-0.2, -0.15) is 0 Å². The molecule has 0 radical (unpaired) electrons. The van der Waals surface area contributed by atoms with Crippen LogP contribution in [0.2, 0.25) is 5.02 Å². The van der Waals surface area contributed by atoms with Gasteiger partial charge in [0.1, 0.15) is 0 Å². The smallest absolute Gasteiger partial charge is 0.0542 e. The minimum Gasteiger partial charge on any atom is -0.310 e. The summed E-state index contributed by atoms with van der Waals surface area (Å²) in [5, 5.41) is 4.65. The molecule has 0 aromatic heterocycles. The molecular formula is C18H25ClIN. The van der Waals surface area contributed by atoms with Gasteiger partial charge in [-0.15, -0.1) is 0 Å². The zero-order valence-corrected chi connectivity index (χ0v) is 15.7. The van der Waals surface area contributed by atoms with Crippen LogP contribution < -0.4 is 5.32 Å². The Morgan fingerprint density at radius 3 is 2.81 bits per heavy atom. The van der Waals surface area contributed by atoms with Gasteiger partial charge in [-0.25, -0.2) is 0 Å². The van der Waals surface area contributed by atoms with E-state index in [1.54, 1.807) is 0 Å². The van der Waals surface area contributed by atoms with E-state index < -0.39 is 0 Å². The molecule has 0 heterocycles. The van der Waals surface area contributed by atoms with Gasteiger partial charge in [0.15, 0.2) is 0 Å². The first-order valence-corrected chi connectivity index (χ1v) is 9.81. The van der Waals surface area contributed by atoms with Crippen LogP contribution in [0.15, 0.2) is 18.2 Å². The Balaban J connectivity index is 1.72. The zero-order chi connectivity index (χ0) is 14.8. The Labute approximate surface area is 147 Å². The van der Waals surface area contributed by atoms with Gasteiger partial charge in [0.2, 0.25) is 0 Å². The van der Waals surface area contributed by atoms with Crippen molar-refractivity contribution in [3.63, 3.8) is 0 Å². The summed E-state index contributed by atoms with van der Waals surface area (Å²) in [6.07, 6.45) is 8.40. The number of nitrogens with one attached hydrogen (secondary N) is 1. The third kappa shape index (κ3) is 3.76. The number of hydrogen-bond acceptors (Lipinski definition) is 1. The molecule has 4 atom stereocenters. The third-order valence-electron chi connectivity index (χ3n) is 5.41. The lowest BCUT2D eigenvalue weighted by Crippen LogP contribution is -2.26. The van der Waals surface area contributed by atoms with Crippen LogP contribution in [0.4, 0.5) is 0 Å². The molecule has 21 heavy (non-hydrogen) atoms.